The highest BCUT2D eigenvalue weighted by molar-refractivity contribution is 5.80. The maximum absolute atomic E-state index is 12.3. The van der Waals surface area contributed by atoms with E-state index in [1.165, 1.54) is 61.8 Å². The monoisotopic (exact) mass is 555 g/mol. The summed E-state index contributed by atoms with van der Waals surface area (Å²) in [7, 11) is 0. The molecule has 2 atom stereocenters. The summed E-state index contributed by atoms with van der Waals surface area (Å²) in [6.45, 7) is 15.0. The molecule has 0 radical (unpaired) electrons. The van der Waals surface area contributed by atoms with Crippen LogP contribution in [0.2, 0.25) is 0 Å². The van der Waals surface area contributed by atoms with Gasteiger partial charge in [-0.25, -0.2) is 0 Å². The molecule has 1 aromatic rings. The van der Waals surface area contributed by atoms with E-state index >= 15 is 0 Å². The van der Waals surface area contributed by atoms with E-state index in [1.807, 2.05) is 0 Å². The van der Waals surface area contributed by atoms with Crippen molar-refractivity contribution in [3.8, 4) is 0 Å². The molecule has 0 amide bonds. The lowest BCUT2D eigenvalue weighted by Crippen LogP contribution is -2.36. The molecule has 1 heterocycles. The van der Waals surface area contributed by atoms with E-state index in [1.54, 1.807) is 12.5 Å². The first kappa shape index (κ1) is 32.9. The molecule has 1 saturated carbocycles. The minimum atomic E-state index is -0.0349. The molecule has 0 aromatic heterocycles. The van der Waals surface area contributed by atoms with Gasteiger partial charge in [-0.3, -0.25) is 4.79 Å². The third-order valence-corrected chi connectivity index (χ3v) is 9.50. The number of carbonyl (C=O) groups excluding carboxylic acids is 1. The third-order valence-electron chi connectivity index (χ3n) is 9.50. The molecule has 0 spiro atoms. The molecule has 2 fully saturated rings. The van der Waals surface area contributed by atoms with Crippen LogP contribution in [0.25, 0.3) is 0 Å². The van der Waals surface area contributed by atoms with Crippen LogP contribution in [0.5, 0.6) is 0 Å². The highest BCUT2D eigenvalue weighted by Crippen LogP contribution is 2.36. The zero-order valence-electron chi connectivity index (χ0n) is 26.6. The fraction of sp³-hybridized carbons (Fsp3) is 0.564. The molecule has 0 N–H and O–H groups in total. The topological polar surface area (TPSA) is 20.3 Å². The predicted molar refractivity (Wildman–Crippen MR) is 179 cm³/mol. The number of anilines is 1. The van der Waals surface area contributed by atoms with Gasteiger partial charge in [-0.05, 0) is 107 Å². The molecule has 1 aliphatic carbocycles. The molecule has 41 heavy (non-hydrogen) atoms. The van der Waals surface area contributed by atoms with Gasteiger partial charge in [0.15, 0.2) is 0 Å². The van der Waals surface area contributed by atoms with Crippen LogP contribution in [0.4, 0.5) is 5.69 Å². The Morgan fingerprint density at radius 2 is 1.71 bits per heavy atom. The summed E-state index contributed by atoms with van der Waals surface area (Å²) in [4.78, 5) is 14.9. The zero-order chi connectivity index (χ0) is 29.5. The summed E-state index contributed by atoms with van der Waals surface area (Å²) in [5.41, 5.74) is 5.53. The average molecular weight is 556 g/mol. The van der Waals surface area contributed by atoms with Gasteiger partial charge in [0.1, 0.15) is 5.78 Å². The van der Waals surface area contributed by atoms with Gasteiger partial charge >= 0.3 is 0 Å². The zero-order valence-corrected chi connectivity index (χ0v) is 26.6. The number of carbonyl (C=O) groups is 1. The van der Waals surface area contributed by atoms with E-state index in [4.69, 9.17) is 0 Å². The molecule has 1 saturated heterocycles. The summed E-state index contributed by atoms with van der Waals surface area (Å²) < 4.78 is 0. The Bertz CT molecular complexity index is 1040. The Morgan fingerprint density at radius 3 is 2.32 bits per heavy atom. The van der Waals surface area contributed by atoms with Crippen LogP contribution in [0, 0.1) is 23.7 Å². The van der Waals surface area contributed by atoms with Crippen molar-refractivity contribution in [1.82, 2.24) is 0 Å². The number of Topliss-reactive ketones (excluding diaryl/α,β-unsaturated/α-hetero) is 1. The van der Waals surface area contributed by atoms with Crippen molar-refractivity contribution in [2.24, 2.45) is 23.7 Å². The largest absolute Gasteiger partial charge is 0.372 e. The van der Waals surface area contributed by atoms with Gasteiger partial charge in [0.05, 0.1) is 0 Å². The van der Waals surface area contributed by atoms with Gasteiger partial charge < -0.3 is 4.90 Å². The third kappa shape index (κ3) is 10.6. The average Bonchev–Trinajstić information content (AvgIpc) is 3.00. The molecular weight excluding hydrogens is 498 g/mol. The predicted octanol–water partition coefficient (Wildman–Crippen LogP) is 10.6. The second-order valence-electron chi connectivity index (χ2n) is 12.4. The van der Waals surface area contributed by atoms with Gasteiger partial charge in [-0.1, -0.05) is 105 Å². The van der Waals surface area contributed by atoms with Crippen LogP contribution >= 0.6 is 0 Å². The van der Waals surface area contributed by atoms with Crippen LogP contribution in [0.3, 0.4) is 0 Å². The Morgan fingerprint density at radius 1 is 1.00 bits per heavy atom. The lowest BCUT2D eigenvalue weighted by Gasteiger charge is -2.38. The molecule has 2 nitrogen and oxygen atoms in total. The van der Waals surface area contributed by atoms with E-state index in [2.05, 4.69) is 99.0 Å². The minimum absolute atomic E-state index is 0.0349. The summed E-state index contributed by atoms with van der Waals surface area (Å²) in [5, 5.41) is 0. The first-order chi connectivity index (χ1) is 20.0. The van der Waals surface area contributed by atoms with Crippen LogP contribution in [0.15, 0.2) is 84.5 Å². The summed E-state index contributed by atoms with van der Waals surface area (Å²) in [6.07, 6.45) is 29.9. The van der Waals surface area contributed by atoms with E-state index in [-0.39, 0.29) is 11.7 Å². The molecule has 2 aliphatic rings. The van der Waals surface area contributed by atoms with Gasteiger partial charge in [0.25, 0.3) is 0 Å². The molecule has 3 rings (SSSR count). The number of hydrogen-bond acceptors (Lipinski definition) is 2. The summed E-state index contributed by atoms with van der Waals surface area (Å²) in [6, 6.07) is 9.12. The second-order valence-corrected chi connectivity index (χ2v) is 12.4. The first-order valence-electron chi connectivity index (χ1n) is 16.6. The standard InChI is InChI=1S/C39H57NO/c1-6-9-12-21-39(34(8-3)17-10-7-2)36-26-28-40(29-27-36)38-24-22-33(23-25-38)16-15-20-37(32(5)41)30-31(4)35-18-13-11-14-19-35/h7,9-10,12,15,17,20,22-25,35-37,39H,4,6,8,11,13-14,16,18-19,21,26-30H2,1-3,5H3/b10-7-,12-9-,20-15-,34-17+. The molecule has 224 valence electrons. The van der Waals surface area contributed by atoms with Crippen molar-refractivity contribution in [3.63, 3.8) is 0 Å². The van der Waals surface area contributed by atoms with Crippen LogP contribution in [0.1, 0.15) is 104 Å². The van der Waals surface area contributed by atoms with Gasteiger partial charge in [-0.15, -0.1) is 0 Å². The van der Waals surface area contributed by atoms with Gasteiger partial charge in [0, 0.05) is 24.7 Å². The lowest BCUT2D eigenvalue weighted by atomic mass is 9.76. The first-order valence-corrected chi connectivity index (χ1v) is 16.6. The number of ketones is 1. The fourth-order valence-electron chi connectivity index (χ4n) is 6.86. The maximum Gasteiger partial charge on any atom is 0.136 e. The number of benzene rings is 1. The highest BCUT2D eigenvalue weighted by atomic mass is 16.1. The van der Waals surface area contributed by atoms with E-state index in [0.29, 0.717) is 11.8 Å². The van der Waals surface area contributed by atoms with Crippen molar-refractivity contribution in [1.29, 1.82) is 0 Å². The van der Waals surface area contributed by atoms with E-state index in [9.17, 15) is 4.79 Å². The van der Waals surface area contributed by atoms with Crippen molar-refractivity contribution in [2.75, 3.05) is 18.0 Å². The van der Waals surface area contributed by atoms with Gasteiger partial charge in [0.2, 0.25) is 0 Å². The summed E-state index contributed by atoms with van der Waals surface area (Å²) in [5.74, 6) is 2.23. The fourth-order valence-corrected chi connectivity index (χ4v) is 6.86. The van der Waals surface area contributed by atoms with E-state index in [0.717, 1.165) is 51.1 Å². The Hall–Kier alpha value is -2.61. The van der Waals surface area contributed by atoms with Crippen molar-refractivity contribution < 1.29 is 4.79 Å². The molecule has 2 unspecified atom stereocenters. The SMILES string of the molecule is C=C(CC(/C=C\Cc1ccc(N2CCC(C(C/C=C\CC)/C(=C/C=C\C)CC)CC2)cc1)C(C)=O)C1CCCCC1. The molecule has 2 heteroatoms. The number of nitrogens with zero attached hydrogens (tertiary/aromatic N) is 1. The highest BCUT2D eigenvalue weighted by Gasteiger charge is 2.28. The normalized spacial score (nSPS) is 19.4. The smallest absolute Gasteiger partial charge is 0.136 e. The number of allylic oxidation sites excluding steroid dienone is 9. The van der Waals surface area contributed by atoms with Crippen molar-refractivity contribution >= 4 is 11.5 Å². The van der Waals surface area contributed by atoms with Gasteiger partial charge in [-0.2, -0.15) is 0 Å². The Balaban J connectivity index is 1.54. The van der Waals surface area contributed by atoms with Crippen molar-refractivity contribution in [2.45, 2.75) is 105 Å². The Labute approximate surface area is 252 Å². The summed E-state index contributed by atoms with van der Waals surface area (Å²) >= 11 is 0. The molecule has 1 aliphatic heterocycles. The molecular formula is C39H57NO. The quantitative estimate of drug-likeness (QED) is 0.158. The minimum Gasteiger partial charge on any atom is -0.372 e. The number of piperidine rings is 1. The van der Waals surface area contributed by atoms with Crippen LogP contribution < -0.4 is 4.90 Å². The lowest BCUT2D eigenvalue weighted by molar-refractivity contribution is -0.119. The number of hydrogen-bond donors (Lipinski definition) is 0. The van der Waals surface area contributed by atoms with Crippen molar-refractivity contribution in [3.05, 3.63) is 90.1 Å². The molecule has 1 aromatic carbocycles. The Kier molecular flexibility index (Phi) is 14.5. The van der Waals surface area contributed by atoms with E-state index < -0.39 is 0 Å². The van der Waals surface area contributed by atoms with Crippen LogP contribution in [-0.2, 0) is 11.2 Å². The second kappa shape index (κ2) is 18.0. The van der Waals surface area contributed by atoms with Crippen LogP contribution in [-0.4, -0.2) is 18.9 Å². The maximum atomic E-state index is 12.3. The number of rotatable bonds is 15. The molecule has 0 bridgehead atoms.